The van der Waals surface area contributed by atoms with Gasteiger partial charge < -0.3 is 15.7 Å². The fourth-order valence-electron chi connectivity index (χ4n) is 3.45. The van der Waals surface area contributed by atoms with Gasteiger partial charge in [0.1, 0.15) is 17.6 Å². The number of aromatic nitrogens is 1. The van der Waals surface area contributed by atoms with Gasteiger partial charge in [0, 0.05) is 16.9 Å². The van der Waals surface area contributed by atoms with E-state index in [2.05, 4.69) is 16.7 Å². The number of hydrogen-bond donors (Lipinski definition) is 3. The molecule has 9 heteroatoms. The molecule has 0 bridgehead atoms. The van der Waals surface area contributed by atoms with Crippen LogP contribution in [0.1, 0.15) is 52.9 Å². The minimum absolute atomic E-state index is 0.0985. The third-order valence-corrected chi connectivity index (χ3v) is 6.05. The second-order valence-electron chi connectivity index (χ2n) is 7.46. The Bertz CT molecular complexity index is 1050. The van der Waals surface area contributed by atoms with Gasteiger partial charge in [0.05, 0.1) is 11.3 Å². The van der Waals surface area contributed by atoms with Crippen LogP contribution in [0.5, 0.6) is 0 Å². The van der Waals surface area contributed by atoms with E-state index in [0.29, 0.717) is 21.8 Å². The van der Waals surface area contributed by atoms with Gasteiger partial charge in [-0.1, -0.05) is 24.6 Å². The van der Waals surface area contributed by atoms with Gasteiger partial charge in [0.15, 0.2) is 0 Å². The minimum Gasteiger partial charge on any atom is -0.480 e. The van der Waals surface area contributed by atoms with Gasteiger partial charge in [-0.05, 0) is 61.6 Å². The summed E-state index contributed by atoms with van der Waals surface area (Å²) in [4.78, 5) is 39.5. The number of nitrogens with zero attached hydrogens (tertiary/aromatic N) is 2. The van der Waals surface area contributed by atoms with E-state index in [0.717, 1.165) is 36.9 Å². The highest BCUT2D eigenvalue weighted by Gasteiger charge is 2.15. The molecule has 2 amide bonds. The maximum absolute atomic E-state index is 12.4. The molecule has 1 aromatic carbocycles. The Kier molecular flexibility index (Phi) is 8.22. The maximum Gasteiger partial charge on any atom is 0.322 e. The number of rotatable bonds is 7. The number of hydrogen-bond acceptors (Lipinski definition) is 6. The molecule has 2 aromatic rings. The number of benzene rings is 1. The van der Waals surface area contributed by atoms with Crippen molar-refractivity contribution in [3.8, 4) is 6.07 Å². The zero-order chi connectivity index (χ0) is 22.9. The Hall–Kier alpha value is -3.38. The summed E-state index contributed by atoms with van der Waals surface area (Å²) in [5.74, 6) is -1.79. The third kappa shape index (κ3) is 6.56. The predicted octanol–water partition coefficient (Wildman–Crippen LogP) is 3.16. The quantitative estimate of drug-likeness (QED) is 0.550. The Labute approximate surface area is 190 Å². The van der Waals surface area contributed by atoms with E-state index < -0.39 is 18.4 Å². The predicted molar refractivity (Wildman–Crippen MR) is 121 cm³/mol. The highest BCUT2D eigenvalue weighted by Crippen LogP contribution is 2.26. The first-order chi connectivity index (χ1) is 15.5. The van der Waals surface area contributed by atoms with E-state index in [1.165, 1.54) is 36.7 Å². The number of nitrogens with one attached hydrogen (secondary N) is 2. The smallest absolute Gasteiger partial charge is 0.322 e. The lowest BCUT2D eigenvalue weighted by atomic mass is 9.96. The fourth-order valence-corrected chi connectivity index (χ4v) is 4.23. The third-order valence-electron chi connectivity index (χ3n) is 5.06. The van der Waals surface area contributed by atoms with Crippen molar-refractivity contribution in [2.75, 3.05) is 17.6 Å². The number of carboxylic acid groups (broad SMARTS) is 1. The van der Waals surface area contributed by atoms with Crippen LogP contribution in [-0.4, -0.2) is 40.2 Å². The Morgan fingerprint density at radius 3 is 2.50 bits per heavy atom. The molecule has 0 unspecified atom stereocenters. The molecule has 0 spiro atoms. The zero-order valence-electron chi connectivity index (χ0n) is 17.5. The SMILES string of the molecule is N#Cc1cc2c(nc1SCC(=O)Nc1ccc(C(=O)NCC(=O)O)cc1)CCCCCC2. The summed E-state index contributed by atoms with van der Waals surface area (Å²) in [5.41, 5.74) is 3.48. The molecule has 0 aliphatic heterocycles. The van der Waals surface area contributed by atoms with Crippen LogP contribution in [0.2, 0.25) is 0 Å². The molecule has 8 nitrogen and oxygen atoms in total. The number of aliphatic carboxylic acids is 1. The summed E-state index contributed by atoms with van der Waals surface area (Å²) in [6.07, 6.45) is 6.41. The molecule has 1 heterocycles. The Morgan fingerprint density at radius 2 is 1.81 bits per heavy atom. The van der Waals surface area contributed by atoms with Gasteiger partial charge in [-0.15, -0.1) is 0 Å². The van der Waals surface area contributed by atoms with Crippen molar-refractivity contribution < 1.29 is 19.5 Å². The summed E-state index contributed by atoms with van der Waals surface area (Å²) in [6.45, 7) is -0.462. The molecule has 1 aliphatic rings. The first-order valence-corrected chi connectivity index (χ1v) is 11.4. The lowest BCUT2D eigenvalue weighted by molar-refractivity contribution is -0.135. The number of anilines is 1. The van der Waals surface area contributed by atoms with Crippen LogP contribution in [0.15, 0.2) is 35.4 Å². The van der Waals surface area contributed by atoms with E-state index in [1.807, 2.05) is 6.07 Å². The van der Waals surface area contributed by atoms with Crippen molar-refractivity contribution in [3.05, 3.63) is 52.7 Å². The molecule has 166 valence electrons. The number of thioether (sulfide) groups is 1. The first-order valence-electron chi connectivity index (χ1n) is 10.4. The second-order valence-corrected chi connectivity index (χ2v) is 8.43. The van der Waals surface area contributed by atoms with Crippen LogP contribution in [0.3, 0.4) is 0 Å². The van der Waals surface area contributed by atoms with E-state index in [9.17, 15) is 19.6 Å². The van der Waals surface area contributed by atoms with Crippen LogP contribution in [0, 0.1) is 11.3 Å². The van der Waals surface area contributed by atoms with Crippen LogP contribution >= 0.6 is 11.8 Å². The van der Waals surface area contributed by atoms with Crippen molar-refractivity contribution in [2.45, 2.75) is 43.6 Å². The molecule has 32 heavy (non-hydrogen) atoms. The van der Waals surface area contributed by atoms with Crippen molar-refractivity contribution in [1.29, 1.82) is 5.26 Å². The van der Waals surface area contributed by atoms with Gasteiger partial charge in [0.25, 0.3) is 5.91 Å². The summed E-state index contributed by atoms with van der Waals surface area (Å²) in [5, 5.41) is 23.7. The zero-order valence-corrected chi connectivity index (χ0v) is 18.3. The Morgan fingerprint density at radius 1 is 1.09 bits per heavy atom. The standard InChI is InChI=1S/C23H24N4O4S/c24-12-17-11-16-5-3-1-2-4-6-19(16)27-23(17)32-14-20(28)26-18-9-7-15(8-10-18)22(31)25-13-21(29)30/h7-11H,1-6,13-14H2,(H,25,31)(H,26,28)(H,29,30). The average Bonchev–Trinajstić information content (AvgIpc) is 2.77. The highest BCUT2D eigenvalue weighted by molar-refractivity contribution is 8.00. The van der Waals surface area contributed by atoms with E-state index in [-0.39, 0.29) is 11.7 Å². The molecule has 1 aliphatic carbocycles. The van der Waals surface area contributed by atoms with E-state index in [4.69, 9.17) is 10.1 Å². The number of carboxylic acids is 1. The Balaban J connectivity index is 1.59. The number of fused-ring (bicyclic) bond motifs is 1. The molecule has 0 radical (unpaired) electrons. The normalized spacial score (nSPS) is 13.1. The molecule has 3 N–H and O–H groups in total. The molecule has 0 fully saturated rings. The molecular weight excluding hydrogens is 428 g/mol. The number of carbonyl (C=O) groups excluding carboxylic acids is 2. The van der Waals surface area contributed by atoms with Crippen LogP contribution < -0.4 is 10.6 Å². The van der Waals surface area contributed by atoms with Crippen molar-refractivity contribution in [2.24, 2.45) is 0 Å². The fraction of sp³-hybridized carbons (Fsp3) is 0.348. The largest absolute Gasteiger partial charge is 0.480 e. The number of nitriles is 1. The van der Waals surface area contributed by atoms with Gasteiger partial charge in [0.2, 0.25) is 5.91 Å². The highest BCUT2D eigenvalue weighted by atomic mass is 32.2. The van der Waals surface area contributed by atoms with Gasteiger partial charge in [-0.2, -0.15) is 5.26 Å². The molecule has 3 rings (SSSR count). The average molecular weight is 453 g/mol. The topological polar surface area (TPSA) is 132 Å². The van der Waals surface area contributed by atoms with Crippen LogP contribution in [0.25, 0.3) is 0 Å². The number of amides is 2. The van der Waals surface area contributed by atoms with Crippen molar-refractivity contribution >= 4 is 35.2 Å². The molecule has 0 saturated carbocycles. The minimum atomic E-state index is -1.13. The van der Waals surface area contributed by atoms with E-state index in [1.54, 1.807) is 12.1 Å². The molecule has 1 aromatic heterocycles. The lowest BCUT2D eigenvalue weighted by Crippen LogP contribution is -2.29. The van der Waals surface area contributed by atoms with Crippen molar-refractivity contribution in [1.82, 2.24) is 10.3 Å². The van der Waals surface area contributed by atoms with Crippen LogP contribution in [0.4, 0.5) is 5.69 Å². The van der Waals surface area contributed by atoms with Gasteiger partial charge in [-0.3, -0.25) is 14.4 Å². The summed E-state index contributed by atoms with van der Waals surface area (Å²) < 4.78 is 0. The number of carbonyl (C=O) groups is 3. The first kappa shape index (κ1) is 23.3. The molecule has 0 atom stereocenters. The second kappa shape index (κ2) is 11.3. The number of aryl methyl sites for hydroxylation is 2. The maximum atomic E-state index is 12.4. The summed E-state index contributed by atoms with van der Waals surface area (Å²) in [7, 11) is 0. The lowest BCUT2D eigenvalue weighted by Gasteiger charge is -2.15. The molecular formula is C23H24N4O4S. The van der Waals surface area contributed by atoms with E-state index >= 15 is 0 Å². The molecule has 0 saturated heterocycles. The monoisotopic (exact) mass is 452 g/mol. The van der Waals surface area contributed by atoms with Gasteiger partial charge >= 0.3 is 5.97 Å². The van der Waals surface area contributed by atoms with Crippen molar-refractivity contribution in [3.63, 3.8) is 0 Å². The van der Waals surface area contributed by atoms with Crippen LogP contribution in [-0.2, 0) is 22.4 Å². The number of pyridine rings is 1. The van der Waals surface area contributed by atoms with Gasteiger partial charge in [-0.25, -0.2) is 4.98 Å². The summed E-state index contributed by atoms with van der Waals surface area (Å²) >= 11 is 1.24. The summed E-state index contributed by atoms with van der Waals surface area (Å²) in [6, 6.07) is 10.3.